The number of rotatable bonds is 4. The third-order valence-electron chi connectivity index (χ3n) is 3.55. The monoisotopic (exact) mass is 300 g/mol. The summed E-state index contributed by atoms with van der Waals surface area (Å²) in [6, 6.07) is 0.673. The number of nitrogens with one attached hydrogen (secondary N) is 1. The molecular formula is C13H14F2N2O4. The molecular weight excluding hydrogens is 286 g/mol. The van der Waals surface area contributed by atoms with Crippen molar-refractivity contribution < 1.29 is 23.2 Å². The highest BCUT2D eigenvalue weighted by molar-refractivity contribution is 5.95. The standard InChI is InChI=1S/C13H14F2N2O4/c1-21-12-4-2-3-10(12)16-13(18)7-5-9(15)11(17(19)20)6-8(7)14/h5-6,10,12H,2-4H2,1H3,(H,16,18). The van der Waals surface area contributed by atoms with E-state index in [1.807, 2.05) is 0 Å². The number of carbonyl (C=O) groups is 1. The van der Waals surface area contributed by atoms with E-state index in [1.165, 1.54) is 7.11 Å². The number of ether oxygens (including phenoxy) is 1. The Hall–Kier alpha value is -2.09. The summed E-state index contributed by atoms with van der Waals surface area (Å²) in [6.07, 6.45) is 2.15. The first-order chi connectivity index (χ1) is 9.93. The number of hydrogen-bond acceptors (Lipinski definition) is 4. The number of carbonyl (C=O) groups excluding carboxylic acids is 1. The molecule has 1 aromatic carbocycles. The van der Waals surface area contributed by atoms with Crippen LogP contribution >= 0.6 is 0 Å². The summed E-state index contributed by atoms with van der Waals surface area (Å²) in [6.45, 7) is 0. The average molecular weight is 300 g/mol. The zero-order valence-corrected chi connectivity index (χ0v) is 11.3. The lowest BCUT2D eigenvalue weighted by molar-refractivity contribution is -0.387. The molecule has 1 aromatic rings. The van der Waals surface area contributed by atoms with Gasteiger partial charge in [0.2, 0.25) is 5.82 Å². The van der Waals surface area contributed by atoms with Crippen molar-refractivity contribution in [1.29, 1.82) is 0 Å². The molecule has 0 heterocycles. The van der Waals surface area contributed by atoms with E-state index >= 15 is 0 Å². The first-order valence-electron chi connectivity index (χ1n) is 6.41. The zero-order chi connectivity index (χ0) is 15.6. The Labute approximate surface area is 119 Å². The minimum absolute atomic E-state index is 0.167. The Kier molecular flexibility index (Phi) is 4.46. The molecule has 1 saturated carbocycles. The fraction of sp³-hybridized carbons (Fsp3) is 0.462. The van der Waals surface area contributed by atoms with Gasteiger partial charge in [0, 0.05) is 7.11 Å². The summed E-state index contributed by atoms with van der Waals surface area (Å²) >= 11 is 0. The van der Waals surface area contributed by atoms with Gasteiger partial charge in [0.25, 0.3) is 5.91 Å². The number of amides is 1. The van der Waals surface area contributed by atoms with Crippen LogP contribution in [0.4, 0.5) is 14.5 Å². The van der Waals surface area contributed by atoms with E-state index in [-0.39, 0.29) is 12.1 Å². The smallest absolute Gasteiger partial charge is 0.307 e. The van der Waals surface area contributed by atoms with E-state index in [2.05, 4.69) is 5.32 Å². The largest absolute Gasteiger partial charge is 0.379 e. The number of hydrogen-bond donors (Lipinski definition) is 1. The number of nitro benzene ring substituents is 1. The topological polar surface area (TPSA) is 81.5 Å². The van der Waals surface area contributed by atoms with Crippen LogP contribution in [0.2, 0.25) is 0 Å². The molecule has 0 aromatic heterocycles. The molecule has 8 heteroatoms. The van der Waals surface area contributed by atoms with Crippen molar-refractivity contribution >= 4 is 11.6 Å². The number of nitrogens with zero attached hydrogens (tertiary/aromatic N) is 1. The Morgan fingerprint density at radius 3 is 2.71 bits per heavy atom. The van der Waals surface area contributed by atoms with Crippen molar-refractivity contribution in [1.82, 2.24) is 5.32 Å². The lowest BCUT2D eigenvalue weighted by Gasteiger charge is -2.19. The second-order valence-electron chi connectivity index (χ2n) is 4.83. The van der Waals surface area contributed by atoms with Crippen molar-refractivity contribution in [2.24, 2.45) is 0 Å². The highest BCUT2D eigenvalue weighted by atomic mass is 19.1. The minimum Gasteiger partial charge on any atom is -0.379 e. The van der Waals surface area contributed by atoms with E-state index in [9.17, 15) is 23.7 Å². The number of nitro groups is 1. The molecule has 1 aliphatic carbocycles. The van der Waals surface area contributed by atoms with E-state index in [4.69, 9.17) is 4.74 Å². The third kappa shape index (κ3) is 3.15. The maximum Gasteiger partial charge on any atom is 0.307 e. The fourth-order valence-corrected chi connectivity index (χ4v) is 2.47. The van der Waals surface area contributed by atoms with Gasteiger partial charge in [-0.3, -0.25) is 14.9 Å². The Morgan fingerprint density at radius 1 is 1.38 bits per heavy atom. The fourth-order valence-electron chi connectivity index (χ4n) is 2.47. The molecule has 0 aliphatic heterocycles. The first-order valence-corrected chi connectivity index (χ1v) is 6.41. The van der Waals surface area contributed by atoms with E-state index in [1.54, 1.807) is 0 Å². The van der Waals surface area contributed by atoms with Crippen LogP contribution in [0.1, 0.15) is 29.6 Å². The van der Waals surface area contributed by atoms with Crippen molar-refractivity contribution in [3.05, 3.63) is 39.4 Å². The van der Waals surface area contributed by atoms with Crippen LogP contribution in [0.3, 0.4) is 0 Å². The second kappa shape index (κ2) is 6.13. The summed E-state index contributed by atoms with van der Waals surface area (Å²) in [5, 5.41) is 13.1. The highest BCUT2D eigenvalue weighted by Crippen LogP contribution is 2.24. The molecule has 2 atom stereocenters. The average Bonchev–Trinajstić information content (AvgIpc) is 2.87. The maximum absolute atomic E-state index is 13.7. The molecule has 0 spiro atoms. The molecule has 0 saturated heterocycles. The van der Waals surface area contributed by atoms with Gasteiger partial charge in [0.15, 0.2) is 0 Å². The van der Waals surface area contributed by atoms with Gasteiger partial charge >= 0.3 is 5.69 Å². The van der Waals surface area contributed by atoms with E-state index in [0.29, 0.717) is 18.6 Å². The molecule has 1 N–H and O–H groups in total. The molecule has 6 nitrogen and oxygen atoms in total. The Morgan fingerprint density at radius 2 is 2.10 bits per heavy atom. The number of halogens is 2. The minimum atomic E-state index is -1.25. The van der Waals surface area contributed by atoms with Crippen molar-refractivity contribution in [2.45, 2.75) is 31.4 Å². The number of methoxy groups -OCH3 is 1. The molecule has 0 bridgehead atoms. The highest BCUT2D eigenvalue weighted by Gasteiger charge is 2.30. The summed E-state index contributed by atoms with van der Waals surface area (Å²) in [5.41, 5.74) is -1.56. The summed E-state index contributed by atoms with van der Waals surface area (Å²) in [5.74, 6) is -3.19. The SMILES string of the molecule is COC1CCCC1NC(=O)c1cc(F)c([N+](=O)[O-])cc1F. The summed E-state index contributed by atoms with van der Waals surface area (Å²) in [7, 11) is 1.52. The predicted molar refractivity (Wildman–Crippen MR) is 68.9 cm³/mol. The Balaban J connectivity index is 2.20. The van der Waals surface area contributed by atoms with Gasteiger partial charge in [-0.2, -0.15) is 4.39 Å². The molecule has 2 unspecified atom stereocenters. The molecule has 1 fully saturated rings. The molecule has 2 rings (SSSR count). The third-order valence-corrected chi connectivity index (χ3v) is 3.55. The van der Waals surface area contributed by atoms with Crippen LogP contribution in [-0.2, 0) is 4.74 Å². The van der Waals surface area contributed by atoms with Crippen LogP contribution < -0.4 is 5.32 Å². The van der Waals surface area contributed by atoms with Crippen LogP contribution in [0.15, 0.2) is 12.1 Å². The second-order valence-corrected chi connectivity index (χ2v) is 4.83. The van der Waals surface area contributed by atoms with Crippen LogP contribution in [0, 0.1) is 21.7 Å². The van der Waals surface area contributed by atoms with Crippen molar-refractivity contribution in [2.75, 3.05) is 7.11 Å². The summed E-state index contributed by atoms with van der Waals surface area (Å²) in [4.78, 5) is 21.4. The quantitative estimate of drug-likeness (QED) is 0.682. The van der Waals surface area contributed by atoms with Crippen LogP contribution in [0.5, 0.6) is 0 Å². The van der Waals surface area contributed by atoms with Gasteiger partial charge in [-0.15, -0.1) is 0 Å². The predicted octanol–water partition coefficient (Wildman–Crippen LogP) is 2.17. The van der Waals surface area contributed by atoms with E-state index < -0.39 is 33.7 Å². The summed E-state index contributed by atoms with van der Waals surface area (Å²) < 4.78 is 32.4. The molecule has 1 aliphatic rings. The Bertz CT molecular complexity index is 580. The maximum atomic E-state index is 13.7. The lowest BCUT2D eigenvalue weighted by atomic mass is 10.1. The lowest BCUT2D eigenvalue weighted by Crippen LogP contribution is -2.41. The van der Waals surface area contributed by atoms with Gasteiger partial charge in [0.05, 0.1) is 28.7 Å². The van der Waals surface area contributed by atoms with Crippen molar-refractivity contribution in [3.63, 3.8) is 0 Å². The normalized spacial score (nSPS) is 21.3. The van der Waals surface area contributed by atoms with Crippen LogP contribution in [0.25, 0.3) is 0 Å². The van der Waals surface area contributed by atoms with E-state index in [0.717, 1.165) is 12.8 Å². The van der Waals surface area contributed by atoms with Gasteiger partial charge < -0.3 is 10.1 Å². The first kappa shape index (κ1) is 15.3. The van der Waals surface area contributed by atoms with Gasteiger partial charge in [-0.1, -0.05) is 0 Å². The van der Waals surface area contributed by atoms with Gasteiger partial charge in [0.1, 0.15) is 5.82 Å². The molecule has 21 heavy (non-hydrogen) atoms. The van der Waals surface area contributed by atoms with Gasteiger partial charge in [-0.25, -0.2) is 4.39 Å². The molecule has 0 radical (unpaired) electrons. The van der Waals surface area contributed by atoms with Gasteiger partial charge in [-0.05, 0) is 25.3 Å². The zero-order valence-electron chi connectivity index (χ0n) is 11.3. The van der Waals surface area contributed by atoms with Crippen molar-refractivity contribution in [3.8, 4) is 0 Å². The molecule has 114 valence electrons. The van der Waals surface area contributed by atoms with Crippen LogP contribution in [-0.4, -0.2) is 30.1 Å². The molecule has 1 amide bonds. The number of benzene rings is 1.